The number of halogens is 1. The summed E-state index contributed by atoms with van der Waals surface area (Å²) in [6.07, 6.45) is 0. The summed E-state index contributed by atoms with van der Waals surface area (Å²) in [5, 5.41) is 9.49. The van der Waals surface area contributed by atoms with E-state index < -0.39 is 6.04 Å². The molecule has 0 aliphatic carbocycles. The molecule has 1 fully saturated rings. The van der Waals surface area contributed by atoms with E-state index in [4.69, 9.17) is 0 Å². The first kappa shape index (κ1) is 16.6. The average Bonchev–Trinajstić information content (AvgIpc) is 3.04. The van der Waals surface area contributed by atoms with Crippen LogP contribution in [0.1, 0.15) is 26.2 Å². The summed E-state index contributed by atoms with van der Waals surface area (Å²) >= 11 is 1.51. The maximum Gasteiger partial charge on any atom is 0.264 e. The molecule has 1 aromatic carbocycles. The molecule has 0 saturated carbocycles. The molecule has 2 heterocycles. The highest BCUT2D eigenvalue weighted by Crippen LogP contribution is 2.23. The standard InChI is InChI=1S/C18H18FN3OS/c1-13-2-7-17(24-13)18(23)22-10-8-21(9-11-22)16(12-20)14-3-5-15(19)6-4-14/h2-7,16H,8-11H2,1H3. The zero-order valence-corrected chi connectivity index (χ0v) is 14.2. The highest BCUT2D eigenvalue weighted by molar-refractivity contribution is 7.13. The number of carbonyl (C=O) groups is 1. The van der Waals surface area contributed by atoms with Crippen molar-refractivity contribution >= 4 is 17.2 Å². The third-order valence-electron chi connectivity index (χ3n) is 4.23. The van der Waals surface area contributed by atoms with Gasteiger partial charge in [-0.3, -0.25) is 9.69 Å². The van der Waals surface area contributed by atoms with Gasteiger partial charge in [0.15, 0.2) is 0 Å². The number of benzene rings is 1. The Morgan fingerprint density at radius 3 is 2.38 bits per heavy atom. The summed E-state index contributed by atoms with van der Waals surface area (Å²) < 4.78 is 13.1. The highest BCUT2D eigenvalue weighted by atomic mass is 32.1. The monoisotopic (exact) mass is 343 g/mol. The minimum atomic E-state index is -0.410. The molecule has 4 nitrogen and oxygen atoms in total. The third-order valence-corrected chi connectivity index (χ3v) is 5.21. The first-order chi connectivity index (χ1) is 11.6. The minimum Gasteiger partial charge on any atom is -0.335 e. The van der Waals surface area contributed by atoms with Gasteiger partial charge in [-0.15, -0.1) is 11.3 Å². The van der Waals surface area contributed by atoms with Crippen LogP contribution in [0, 0.1) is 24.1 Å². The van der Waals surface area contributed by atoms with Crippen molar-refractivity contribution in [3.05, 3.63) is 57.5 Å². The zero-order valence-electron chi connectivity index (χ0n) is 13.4. The molecule has 1 unspecified atom stereocenters. The van der Waals surface area contributed by atoms with Crippen molar-refractivity contribution in [3.63, 3.8) is 0 Å². The van der Waals surface area contributed by atoms with E-state index in [-0.39, 0.29) is 11.7 Å². The Hall–Kier alpha value is -2.23. The Kier molecular flexibility index (Phi) is 4.93. The zero-order chi connectivity index (χ0) is 17.1. The average molecular weight is 343 g/mol. The molecule has 3 rings (SSSR count). The van der Waals surface area contributed by atoms with Gasteiger partial charge in [0.1, 0.15) is 11.9 Å². The van der Waals surface area contributed by atoms with Crippen LogP contribution in [0.25, 0.3) is 0 Å². The van der Waals surface area contributed by atoms with Gasteiger partial charge in [0.25, 0.3) is 5.91 Å². The number of nitriles is 1. The van der Waals surface area contributed by atoms with E-state index in [1.807, 2.05) is 28.9 Å². The van der Waals surface area contributed by atoms with Crippen molar-refractivity contribution in [3.8, 4) is 6.07 Å². The van der Waals surface area contributed by atoms with E-state index in [0.717, 1.165) is 15.3 Å². The van der Waals surface area contributed by atoms with Gasteiger partial charge in [-0.1, -0.05) is 12.1 Å². The number of hydrogen-bond donors (Lipinski definition) is 0. The fraction of sp³-hybridized carbons (Fsp3) is 0.333. The number of nitrogens with zero attached hydrogens (tertiary/aromatic N) is 3. The summed E-state index contributed by atoms with van der Waals surface area (Å²) in [5.74, 6) is -0.250. The molecule has 1 saturated heterocycles. The molecule has 124 valence electrons. The van der Waals surface area contributed by atoms with Gasteiger partial charge in [-0.25, -0.2) is 4.39 Å². The van der Waals surface area contributed by atoms with Crippen LogP contribution in [-0.2, 0) is 0 Å². The number of hydrogen-bond acceptors (Lipinski definition) is 4. The SMILES string of the molecule is Cc1ccc(C(=O)N2CCN(C(C#N)c3ccc(F)cc3)CC2)s1. The van der Waals surface area contributed by atoms with Gasteiger partial charge in [0, 0.05) is 31.1 Å². The third kappa shape index (κ3) is 3.48. The second-order valence-electron chi connectivity index (χ2n) is 5.82. The van der Waals surface area contributed by atoms with Crippen LogP contribution < -0.4 is 0 Å². The Labute approximate surface area is 144 Å². The van der Waals surface area contributed by atoms with Crippen LogP contribution in [0.15, 0.2) is 36.4 Å². The van der Waals surface area contributed by atoms with Gasteiger partial charge >= 0.3 is 0 Å². The Morgan fingerprint density at radius 1 is 1.17 bits per heavy atom. The van der Waals surface area contributed by atoms with E-state index in [1.165, 1.54) is 23.5 Å². The second-order valence-corrected chi connectivity index (χ2v) is 7.11. The fourth-order valence-corrected chi connectivity index (χ4v) is 3.74. The molecular formula is C18H18FN3OS. The lowest BCUT2D eigenvalue weighted by Gasteiger charge is -2.36. The lowest BCUT2D eigenvalue weighted by atomic mass is 10.1. The predicted octanol–water partition coefficient (Wildman–Crippen LogP) is 3.22. The number of thiophene rings is 1. The summed E-state index contributed by atoms with van der Waals surface area (Å²) in [4.78, 5) is 18.2. The minimum absolute atomic E-state index is 0.0584. The van der Waals surface area contributed by atoms with E-state index in [2.05, 4.69) is 6.07 Å². The first-order valence-corrected chi connectivity index (χ1v) is 8.65. The fourth-order valence-electron chi connectivity index (χ4n) is 2.90. The second kappa shape index (κ2) is 7.12. The van der Waals surface area contributed by atoms with E-state index in [1.54, 1.807) is 12.1 Å². The van der Waals surface area contributed by atoms with Crippen molar-refractivity contribution < 1.29 is 9.18 Å². The van der Waals surface area contributed by atoms with Crippen molar-refractivity contribution in [2.75, 3.05) is 26.2 Å². The molecule has 1 aliphatic rings. The molecule has 1 amide bonds. The van der Waals surface area contributed by atoms with E-state index in [0.29, 0.717) is 26.2 Å². The Morgan fingerprint density at radius 2 is 1.83 bits per heavy atom. The number of carbonyl (C=O) groups excluding carboxylic acids is 1. The molecule has 0 N–H and O–H groups in total. The molecule has 6 heteroatoms. The smallest absolute Gasteiger partial charge is 0.264 e. The summed E-state index contributed by atoms with van der Waals surface area (Å²) in [6, 6.07) is 11.7. The Balaban J connectivity index is 1.64. The van der Waals surface area contributed by atoms with E-state index >= 15 is 0 Å². The number of aryl methyl sites for hydroxylation is 1. The molecule has 0 bridgehead atoms. The molecule has 2 aromatic rings. The van der Waals surface area contributed by atoms with Crippen LogP contribution in [0.2, 0.25) is 0 Å². The quantitative estimate of drug-likeness (QED) is 0.860. The van der Waals surface area contributed by atoms with Crippen LogP contribution in [-0.4, -0.2) is 41.9 Å². The number of rotatable bonds is 3. The van der Waals surface area contributed by atoms with Crippen LogP contribution >= 0.6 is 11.3 Å². The maximum atomic E-state index is 13.1. The van der Waals surface area contributed by atoms with Gasteiger partial charge in [0.2, 0.25) is 0 Å². The van der Waals surface area contributed by atoms with Crippen molar-refractivity contribution in [2.24, 2.45) is 0 Å². The van der Waals surface area contributed by atoms with Crippen LogP contribution in [0.4, 0.5) is 4.39 Å². The van der Waals surface area contributed by atoms with Crippen LogP contribution in [0.3, 0.4) is 0 Å². The van der Waals surface area contributed by atoms with E-state index in [9.17, 15) is 14.4 Å². The lowest BCUT2D eigenvalue weighted by Crippen LogP contribution is -2.49. The summed E-state index contributed by atoms with van der Waals surface area (Å²) in [7, 11) is 0. The van der Waals surface area contributed by atoms with Crippen molar-refractivity contribution in [1.82, 2.24) is 9.80 Å². The number of piperazine rings is 1. The Bertz CT molecular complexity index is 757. The molecule has 24 heavy (non-hydrogen) atoms. The van der Waals surface area contributed by atoms with Gasteiger partial charge in [-0.2, -0.15) is 5.26 Å². The first-order valence-electron chi connectivity index (χ1n) is 7.83. The lowest BCUT2D eigenvalue weighted by molar-refractivity contribution is 0.0611. The summed E-state index contributed by atoms with van der Waals surface area (Å²) in [5.41, 5.74) is 0.785. The number of amides is 1. The van der Waals surface area contributed by atoms with Crippen molar-refractivity contribution in [2.45, 2.75) is 13.0 Å². The molecule has 1 atom stereocenters. The summed E-state index contributed by atoms with van der Waals surface area (Å²) in [6.45, 7) is 4.43. The predicted molar refractivity (Wildman–Crippen MR) is 91.3 cm³/mol. The molecular weight excluding hydrogens is 325 g/mol. The topological polar surface area (TPSA) is 47.3 Å². The van der Waals surface area contributed by atoms with Gasteiger partial charge in [0.05, 0.1) is 10.9 Å². The molecule has 0 spiro atoms. The van der Waals surface area contributed by atoms with Crippen molar-refractivity contribution in [1.29, 1.82) is 5.26 Å². The molecule has 1 aliphatic heterocycles. The largest absolute Gasteiger partial charge is 0.335 e. The van der Waals surface area contributed by atoms with Crippen LogP contribution in [0.5, 0.6) is 0 Å². The highest BCUT2D eigenvalue weighted by Gasteiger charge is 2.27. The molecule has 0 radical (unpaired) electrons. The van der Waals surface area contributed by atoms with Gasteiger partial charge in [-0.05, 0) is 36.8 Å². The molecule has 1 aromatic heterocycles. The maximum absolute atomic E-state index is 13.1. The normalized spacial score (nSPS) is 16.6. The van der Waals surface area contributed by atoms with Gasteiger partial charge < -0.3 is 4.90 Å².